The minimum absolute atomic E-state index is 0.0793. The fraction of sp³-hybridized carbons (Fsp3) is 0.600. The number of hydrogen-bond acceptors (Lipinski definition) is 4. The number of rotatable bonds is 4. The zero-order valence-corrected chi connectivity index (χ0v) is 8.53. The van der Waals surface area contributed by atoms with Crippen molar-refractivity contribution in [2.24, 2.45) is 4.99 Å². The van der Waals surface area contributed by atoms with Gasteiger partial charge in [-0.05, 0) is 13.3 Å². The Bertz CT molecular complexity index is 258. The molecule has 0 aromatic carbocycles. The molecular weight excluding hydrogens is 182 g/mol. The predicted molar refractivity (Wildman–Crippen MR) is 53.2 cm³/mol. The highest BCUT2D eigenvalue weighted by Crippen LogP contribution is 2.11. The average Bonchev–Trinajstić information content (AvgIpc) is 2.19. The summed E-state index contributed by atoms with van der Waals surface area (Å²) in [6, 6.07) is 0. The summed E-state index contributed by atoms with van der Waals surface area (Å²) in [6.45, 7) is 2.19. The van der Waals surface area contributed by atoms with E-state index in [4.69, 9.17) is 9.47 Å². The largest absolute Gasteiger partial charge is 0.466 e. The average molecular weight is 197 g/mol. The SMILES string of the molecule is CCOC(=O)CC1=NC=CCC1OC. The van der Waals surface area contributed by atoms with E-state index in [1.165, 1.54) is 0 Å². The lowest BCUT2D eigenvalue weighted by Gasteiger charge is -2.17. The Kier molecular flexibility index (Phi) is 4.32. The summed E-state index contributed by atoms with van der Waals surface area (Å²) in [5, 5.41) is 0. The number of carbonyl (C=O) groups excluding carboxylic acids is 1. The molecule has 0 saturated heterocycles. The maximum absolute atomic E-state index is 11.2. The van der Waals surface area contributed by atoms with Crippen LogP contribution in [0.4, 0.5) is 0 Å². The molecule has 14 heavy (non-hydrogen) atoms. The first-order valence-electron chi connectivity index (χ1n) is 4.68. The maximum atomic E-state index is 11.2. The van der Waals surface area contributed by atoms with Gasteiger partial charge in [0.05, 0.1) is 24.8 Å². The Morgan fingerprint density at radius 1 is 1.71 bits per heavy atom. The van der Waals surface area contributed by atoms with Crippen LogP contribution in [0.15, 0.2) is 17.3 Å². The van der Waals surface area contributed by atoms with Gasteiger partial charge >= 0.3 is 5.97 Å². The molecule has 0 saturated carbocycles. The van der Waals surface area contributed by atoms with E-state index < -0.39 is 0 Å². The molecule has 1 rings (SSSR count). The van der Waals surface area contributed by atoms with Crippen molar-refractivity contribution < 1.29 is 14.3 Å². The third-order valence-corrected chi connectivity index (χ3v) is 1.98. The molecule has 0 aliphatic carbocycles. The second kappa shape index (κ2) is 5.54. The zero-order chi connectivity index (χ0) is 10.4. The molecule has 0 N–H and O–H groups in total. The van der Waals surface area contributed by atoms with E-state index in [0.29, 0.717) is 6.61 Å². The molecule has 0 aromatic rings. The Balaban J connectivity index is 2.52. The number of ether oxygens (including phenoxy) is 2. The van der Waals surface area contributed by atoms with Gasteiger partial charge in [0.2, 0.25) is 0 Å². The first-order valence-corrected chi connectivity index (χ1v) is 4.68. The predicted octanol–water partition coefficient (Wildman–Crippen LogP) is 1.31. The standard InChI is InChI=1S/C10H15NO3/c1-3-14-10(12)7-8-9(13-2)5-4-6-11-8/h4,6,9H,3,5,7H2,1-2H3. The number of carbonyl (C=O) groups is 1. The Morgan fingerprint density at radius 3 is 3.14 bits per heavy atom. The van der Waals surface area contributed by atoms with Crippen molar-refractivity contribution in [3.63, 3.8) is 0 Å². The number of nitrogens with zero attached hydrogens (tertiary/aromatic N) is 1. The van der Waals surface area contributed by atoms with Gasteiger partial charge in [-0.25, -0.2) is 0 Å². The van der Waals surface area contributed by atoms with Gasteiger partial charge in [-0.3, -0.25) is 9.79 Å². The van der Waals surface area contributed by atoms with Crippen molar-refractivity contribution in [1.29, 1.82) is 0 Å². The molecule has 1 aliphatic rings. The summed E-state index contributed by atoms with van der Waals surface area (Å²) < 4.78 is 10.0. The first-order chi connectivity index (χ1) is 6.77. The van der Waals surface area contributed by atoms with Crippen molar-refractivity contribution in [1.82, 2.24) is 0 Å². The fourth-order valence-electron chi connectivity index (χ4n) is 1.30. The summed E-state index contributed by atoms with van der Waals surface area (Å²) in [6.07, 6.45) is 4.53. The van der Waals surface area contributed by atoms with Crippen LogP contribution in [0.5, 0.6) is 0 Å². The summed E-state index contributed by atoms with van der Waals surface area (Å²) in [5.41, 5.74) is 0.744. The third-order valence-electron chi connectivity index (χ3n) is 1.98. The Labute approximate surface area is 83.6 Å². The molecule has 0 aromatic heterocycles. The minimum atomic E-state index is -0.247. The van der Waals surface area contributed by atoms with Crippen LogP contribution in [-0.4, -0.2) is 31.5 Å². The lowest BCUT2D eigenvalue weighted by molar-refractivity contribution is -0.141. The van der Waals surface area contributed by atoms with E-state index >= 15 is 0 Å². The van der Waals surface area contributed by atoms with Crippen molar-refractivity contribution in [3.05, 3.63) is 12.3 Å². The van der Waals surface area contributed by atoms with Crippen molar-refractivity contribution in [2.75, 3.05) is 13.7 Å². The number of esters is 1. The van der Waals surface area contributed by atoms with Gasteiger partial charge in [0.25, 0.3) is 0 Å². The fourth-order valence-corrected chi connectivity index (χ4v) is 1.30. The van der Waals surface area contributed by atoms with Gasteiger partial charge in [0.1, 0.15) is 0 Å². The number of aliphatic imine (C=N–C) groups is 1. The van der Waals surface area contributed by atoms with Gasteiger partial charge in [0, 0.05) is 13.3 Å². The molecular formula is C10H15NO3. The van der Waals surface area contributed by atoms with Crippen molar-refractivity contribution in [3.8, 4) is 0 Å². The van der Waals surface area contributed by atoms with Gasteiger partial charge < -0.3 is 9.47 Å². The smallest absolute Gasteiger partial charge is 0.311 e. The molecule has 1 heterocycles. The first kappa shape index (κ1) is 10.9. The van der Waals surface area contributed by atoms with Crippen LogP contribution in [0.2, 0.25) is 0 Å². The third kappa shape index (κ3) is 2.96. The quantitative estimate of drug-likeness (QED) is 0.638. The van der Waals surface area contributed by atoms with Crippen LogP contribution in [0.25, 0.3) is 0 Å². The van der Waals surface area contributed by atoms with E-state index in [-0.39, 0.29) is 18.5 Å². The summed E-state index contributed by atoms with van der Waals surface area (Å²) in [7, 11) is 1.62. The number of hydrogen-bond donors (Lipinski definition) is 0. The zero-order valence-electron chi connectivity index (χ0n) is 8.53. The van der Waals surface area contributed by atoms with Crippen LogP contribution >= 0.6 is 0 Å². The molecule has 0 amide bonds. The van der Waals surface area contributed by atoms with Crippen LogP contribution in [0, 0.1) is 0 Å². The topological polar surface area (TPSA) is 47.9 Å². The Hall–Kier alpha value is -1.16. The molecule has 1 aliphatic heterocycles. The van der Waals surface area contributed by atoms with Gasteiger partial charge in [-0.2, -0.15) is 0 Å². The Morgan fingerprint density at radius 2 is 2.50 bits per heavy atom. The lowest BCUT2D eigenvalue weighted by atomic mass is 10.1. The highest BCUT2D eigenvalue weighted by atomic mass is 16.5. The van der Waals surface area contributed by atoms with E-state index in [0.717, 1.165) is 12.1 Å². The molecule has 4 nitrogen and oxygen atoms in total. The molecule has 1 unspecified atom stereocenters. The minimum Gasteiger partial charge on any atom is -0.466 e. The van der Waals surface area contributed by atoms with E-state index in [1.54, 1.807) is 20.2 Å². The summed E-state index contributed by atoms with van der Waals surface area (Å²) in [4.78, 5) is 15.3. The van der Waals surface area contributed by atoms with Crippen molar-refractivity contribution >= 4 is 11.7 Å². The van der Waals surface area contributed by atoms with E-state index in [9.17, 15) is 4.79 Å². The van der Waals surface area contributed by atoms with E-state index in [1.807, 2.05) is 6.08 Å². The maximum Gasteiger partial charge on any atom is 0.311 e. The molecule has 1 atom stereocenters. The number of methoxy groups -OCH3 is 1. The van der Waals surface area contributed by atoms with Gasteiger partial charge in [-0.1, -0.05) is 6.08 Å². The second-order valence-electron chi connectivity index (χ2n) is 2.95. The van der Waals surface area contributed by atoms with Crippen molar-refractivity contribution in [2.45, 2.75) is 25.9 Å². The van der Waals surface area contributed by atoms with E-state index in [2.05, 4.69) is 4.99 Å². The normalized spacial score (nSPS) is 20.4. The van der Waals surface area contributed by atoms with Gasteiger partial charge in [0.15, 0.2) is 0 Å². The van der Waals surface area contributed by atoms with Crippen LogP contribution < -0.4 is 0 Å². The lowest BCUT2D eigenvalue weighted by Crippen LogP contribution is -2.27. The highest BCUT2D eigenvalue weighted by molar-refractivity contribution is 6.02. The highest BCUT2D eigenvalue weighted by Gasteiger charge is 2.19. The second-order valence-corrected chi connectivity index (χ2v) is 2.95. The molecule has 0 bridgehead atoms. The molecule has 0 radical (unpaired) electrons. The van der Waals surface area contributed by atoms with Crippen LogP contribution in [0.3, 0.4) is 0 Å². The van der Waals surface area contributed by atoms with Gasteiger partial charge in [-0.15, -0.1) is 0 Å². The van der Waals surface area contributed by atoms with Crippen LogP contribution in [-0.2, 0) is 14.3 Å². The summed E-state index contributed by atoms with van der Waals surface area (Å²) >= 11 is 0. The molecule has 0 fully saturated rings. The molecule has 78 valence electrons. The molecule has 4 heteroatoms. The van der Waals surface area contributed by atoms with Crippen LogP contribution in [0.1, 0.15) is 19.8 Å². The summed E-state index contributed by atoms with van der Waals surface area (Å²) in [5.74, 6) is -0.247. The molecule has 0 spiro atoms. The monoisotopic (exact) mass is 197 g/mol.